The summed E-state index contributed by atoms with van der Waals surface area (Å²) in [6.45, 7) is 6.79. The molecule has 0 unspecified atom stereocenters. The molecule has 0 aliphatic carbocycles. The van der Waals surface area contributed by atoms with Crippen LogP contribution in [-0.2, 0) is 14.3 Å². The lowest BCUT2D eigenvalue weighted by Gasteiger charge is -2.32. The first-order valence-corrected chi connectivity index (χ1v) is 12.0. The second-order valence-electron chi connectivity index (χ2n) is 9.81. The molecule has 5 amide bonds. The van der Waals surface area contributed by atoms with Crippen LogP contribution in [0.3, 0.4) is 0 Å². The van der Waals surface area contributed by atoms with Crippen LogP contribution in [0.1, 0.15) is 73.6 Å². The quantitative estimate of drug-likeness (QED) is 0.542. The number of piperidine rings is 1. The zero-order valence-corrected chi connectivity index (χ0v) is 20.6. The number of likely N-dealkylation sites (tertiary alicyclic amines) is 1. The van der Waals surface area contributed by atoms with E-state index in [2.05, 4.69) is 10.6 Å². The molecule has 0 radical (unpaired) electrons. The van der Waals surface area contributed by atoms with Crippen molar-refractivity contribution in [2.75, 3.05) is 26.2 Å². The molecule has 0 aromatic heterocycles. The summed E-state index contributed by atoms with van der Waals surface area (Å²) in [4.78, 5) is 64.1. The molecular formula is C25H34N4O6. The molecule has 35 heavy (non-hydrogen) atoms. The number of benzene rings is 1. The highest BCUT2D eigenvalue weighted by atomic mass is 16.6. The minimum absolute atomic E-state index is 0.0225. The highest BCUT2D eigenvalue weighted by Crippen LogP contribution is 2.22. The average molecular weight is 487 g/mol. The van der Waals surface area contributed by atoms with E-state index in [9.17, 15) is 24.0 Å². The number of amides is 5. The number of carbonyl (C=O) groups excluding carboxylic acids is 5. The Morgan fingerprint density at radius 3 is 2.17 bits per heavy atom. The lowest BCUT2D eigenvalue weighted by molar-refractivity contribution is -0.132. The number of hydrogen-bond donors (Lipinski definition) is 2. The van der Waals surface area contributed by atoms with Gasteiger partial charge >= 0.3 is 6.09 Å². The van der Waals surface area contributed by atoms with Crippen LogP contribution in [0.4, 0.5) is 4.79 Å². The second-order valence-corrected chi connectivity index (χ2v) is 9.81. The van der Waals surface area contributed by atoms with Crippen molar-refractivity contribution in [2.24, 2.45) is 0 Å². The molecule has 0 spiro atoms. The molecule has 10 nitrogen and oxygen atoms in total. The van der Waals surface area contributed by atoms with Gasteiger partial charge in [-0.05, 0) is 52.2 Å². The van der Waals surface area contributed by atoms with Gasteiger partial charge in [-0.1, -0.05) is 12.1 Å². The Morgan fingerprint density at radius 2 is 1.60 bits per heavy atom. The number of alkyl carbamates (subject to hydrolysis) is 1. The van der Waals surface area contributed by atoms with Crippen LogP contribution < -0.4 is 10.6 Å². The molecule has 0 atom stereocenters. The molecule has 2 heterocycles. The smallest absolute Gasteiger partial charge is 0.407 e. The van der Waals surface area contributed by atoms with Gasteiger partial charge in [0.2, 0.25) is 11.8 Å². The first-order valence-electron chi connectivity index (χ1n) is 12.0. The summed E-state index contributed by atoms with van der Waals surface area (Å²) in [5, 5.41) is 5.57. The Hall–Kier alpha value is -3.43. The fourth-order valence-electron chi connectivity index (χ4n) is 4.16. The van der Waals surface area contributed by atoms with Crippen LogP contribution in [0.5, 0.6) is 0 Å². The maximum absolute atomic E-state index is 12.4. The van der Waals surface area contributed by atoms with E-state index in [1.54, 1.807) is 49.9 Å². The van der Waals surface area contributed by atoms with Gasteiger partial charge in [-0.3, -0.25) is 24.1 Å². The van der Waals surface area contributed by atoms with E-state index in [4.69, 9.17) is 4.74 Å². The van der Waals surface area contributed by atoms with Crippen LogP contribution in [0.2, 0.25) is 0 Å². The predicted molar refractivity (Wildman–Crippen MR) is 128 cm³/mol. The Kier molecular flexibility index (Phi) is 8.48. The van der Waals surface area contributed by atoms with Crippen LogP contribution >= 0.6 is 0 Å². The van der Waals surface area contributed by atoms with Crippen LogP contribution in [-0.4, -0.2) is 77.3 Å². The predicted octanol–water partition coefficient (Wildman–Crippen LogP) is 2.08. The molecule has 0 saturated carbocycles. The summed E-state index contributed by atoms with van der Waals surface area (Å²) in [7, 11) is 0. The third-order valence-corrected chi connectivity index (χ3v) is 5.88. The topological polar surface area (TPSA) is 125 Å². The van der Waals surface area contributed by atoms with Crippen LogP contribution in [0.25, 0.3) is 0 Å². The average Bonchev–Trinajstić information content (AvgIpc) is 3.03. The van der Waals surface area contributed by atoms with Gasteiger partial charge < -0.3 is 20.3 Å². The first kappa shape index (κ1) is 26.2. The van der Waals surface area contributed by atoms with Gasteiger partial charge in [0.05, 0.1) is 11.1 Å². The lowest BCUT2D eigenvalue weighted by atomic mass is 10.0. The molecule has 10 heteroatoms. The fraction of sp³-hybridized carbons (Fsp3) is 0.560. The van der Waals surface area contributed by atoms with Crippen LogP contribution in [0.15, 0.2) is 24.3 Å². The monoisotopic (exact) mass is 486 g/mol. The fourth-order valence-corrected chi connectivity index (χ4v) is 4.16. The molecule has 1 saturated heterocycles. The molecule has 2 N–H and O–H groups in total. The standard InChI is InChI=1S/C25H34N4O6/c1-25(2,3)35-24(34)26-13-10-21(31)28-15-11-17(12-16-28)27-20(30)9-6-14-29-22(32)18-7-4-5-8-19(18)23(29)33/h4-5,7-8,17H,6,9-16H2,1-3H3,(H,26,34)(H,27,30). The van der Waals surface area contributed by atoms with Crippen molar-refractivity contribution in [1.82, 2.24) is 20.4 Å². The second kappa shape index (κ2) is 11.3. The molecule has 0 bridgehead atoms. The molecule has 1 aromatic carbocycles. The number of rotatable bonds is 8. The first-order chi connectivity index (χ1) is 16.5. The van der Waals surface area contributed by atoms with Crippen molar-refractivity contribution in [2.45, 2.75) is 64.5 Å². The molecular weight excluding hydrogens is 452 g/mol. The minimum atomic E-state index is -0.588. The van der Waals surface area contributed by atoms with Crippen molar-refractivity contribution < 1.29 is 28.7 Å². The third kappa shape index (κ3) is 7.27. The number of carbonyl (C=O) groups is 5. The largest absolute Gasteiger partial charge is 0.444 e. The number of nitrogens with one attached hydrogen (secondary N) is 2. The number of ether oxygens (including phenoxy) is 1. The summed E-state index contributed by atoms with van der Waals surface area (Å²) >= 11 is 0. The maximum atomic E-state index is 12.4. The van der Waals surface area contributed by atoms with E-state index in [-0.39, 0.29) is 55.6 Å². The molecule has 2 aliphatic heterocycles. The van der Waals surface area contributed by atoms with Crippen molar-refractivity contribution in [3.63, 3.8) is 0 Å². The molecule has 3 rings (SSSR count). The summed E-state index contributed by atoms with van der Waals surface area (Å²) in [6, 6.07) is 6.70. The maximum Gasteiger partial charge on any atom is 0.407 e. The Balaban J connectivity index is 1.30. The highest BCUT2D eigenvalue weighted by Gasteiger charge is 2.34. The minimum Gasteiger partial charge on any atom is -0.444 e. The van der Waals surface area contributed by atoms with Crippen molar-refractivity contribution in [1.29, 1.82) is 0 Å². The van der Waals surface area contributed by atoms with Gasteiger partial charge in [0.1, 0.15) is 5.60 Å². The van der Waals surface area contributed by atoms with Gasteiger partial charge in [-0.15, -0.1) is 0 Å². The van der Waals surface area contributed by atoms with E-state index in [1.165, 1.54) is 4.90 Å². The van der Waals surface area contributed by atoms with Crippen LogP contribution in [0, 0.1) is 0 Å². The van der Waals surface area contributed by atoms with E-state index in [1.807, 2.05) is 0 Å². The van der Waals surface area contributed by atoms with Crippen molar-refractivity contribution in [3.8, 4) is 0 Å². The highest BCUT2D eigenvalue weighted by molar-refractivity contribution is 6.21. The van der Waals surface area contributed by atoms with E-state index >= 15 is 0 Å². The summed E-state index contributed by atoms with van der Waals surface area (Å²) in [5.41, 5.74) is 0.225. The van der Waals surface area contributed by atoms with E-state index in [0.29, 0.717) is 43.5 Å². The van der Waals surface area contributed by atoms with Crippen molar-refractivity contribution in [3.05, 3.63) is 35.4 Å². The number of fused-ring (bicyclic) bond motifs is 1. The van der Waals surface area contributed by atoms with Crippen molar-refractivity contribution >= 4 is 29.7 Å². The lowest BCUT2D eigenvalue weighted by Crippen LogP contribution is -2.47. The number of hydrogen-bond acceptors (Lipinski definition) is 6. The zero-order chi connectivity index (χ0) is 25.6. The van der Waals surface area contributed by atoms with Gasteiger partial charge in [0.15, 0.2) is 0 Å². The SMILES string of the molecule is CC(C)(C)OC(=O)NCCC(=O)N1CCC(NC(=O)CCCN2C(=O)c3ccccc3C2=O)CC1. The molecule has 1 fully saturated rings. The third-order valence-electron chi connectivity index (χ3n) is 5.88. The van der Waals surface area contributed by atoms with E-state index < -0.39 is 11.7 Å². The summed E-state index contributed by atoms with van der Waals surface area (Å²) in [5.74, 6) is -0.812. The molecule has 190 valence electrons. The Bertz CT molecular complexity index is 943. The van der Waals surface area contributed by atoms with Gasteiger partial charge in [-0.25, -0.2) is 4.79 Å². The molecule has 1 aromatic rings. The van der Waals surface area contributed by atoms with Gasteiger partial charge in [0, 0.05) is 45.1 Å². The normalized spacial score (nSPS) is 16.2. The molecule has 2 aliphatic rings. The summed E-state index contributed by atoms with van der Waals surface area (Å²) < 4.78 is 5.15. The summed E-state index contributed by atoms with van der Waals surface area (Å²) in [6.07, 6.45) is 1.54. The van der Waals surface area contributed by atoms with E-state index in [0.717, 1.165) is 0 Å². The zero-order valence-electron chi connectivity index (χ0n) is 20.6. The Labute approximate surface area is 205 Å². The van der Waals surface area contributed by atoms with Gasteiger partial charge in [-0.2, -0.15) is 0 Å². The Morgan fingerprint density at radius 1 is 1.00 bits per heavy atom. The number of nitrogens with zero attached hydrogens (tertiary/aromatic N) is 2. The van der Waals surface area contributed by atoms with Gasteiger partial charge in [0.25, 0.3) is 11.8 Å². The number of imide groups is 1.